The lowest BCUT2D eigenvalue weighted by atomic mass is 10.2. The van der Waals surface area contributed by atoms with E-state index in [0.717, 1.165) is 0 Å². The van der Waals surface area contributed by atoms with Crippen molar-refractivity contribution in [1.29, 1.82) is 0 Å². The minimum Gasteiger partial charge on any atom is -0.493 e. The number of nitrogens with one attached hydrogen (secondary N) is 2. The average molecular weight is 508 g/mol. The average Bonchev–Trinajstić information content (AvgIpc) is 2.81. The van der Waals surface area contributed by atoms with Gasteiger partial charge in [-0.15, -0.1) is 0 Å². The monoisotopic (exact) mass is 507 g/mol. The van der Waals surface area contributed by atoms with E-state index in [1.165, 1.54) is 33.6 Å². The van der Waals surface area contributed by atoms with E-state index >= 15 is 0 Å². The third-order valence-electron chi connectivity index (χ3n) is 3.99. The van der Waals surface area contributed by atoms with Gasteiger partial charge >= 0.3 is 5.97 Å². The molecular formula is C21H22BrN3O7. The summed E-state index contributed by atoms with van der Waals surface area (Å²) in [6.07, 6.45) is 1.42. The van der Waals surface area contributed by atoms with Crippen molar-refractivity contribution < 1.29 is 33.3 Å². The minimum atomic E-state index is -0.507. The van der Waals surface area contributed by atoms with Crippen molar-refractivity contribution in [2.45, 2.75) is 0 Å². The van der Waals surface area contributed by atoms with Gasteiger partial charge in [0.2, 0.25) is 0 Å². The van der Waals surface area contributed by atoms with Gasteiger partial charge in [0.1, 0.15) is 5.75 Å². The number of carbonyl (C=O) groups is 3. The summed E-state index contributed by atoms with van der Waals surface area (Å²) in [5.74, 6) is -0.102. The van der Waals surface area contributed by atoms with Gasteiger partial charge in [-0.05, 0) is 57.9 Å². The Hall–Kier alpha value is -3.60. The number of halogens is 1. The molecule has 0 aliphatic heterocycles. The Morgan fingerprint density at radius 1 is 1.00 bits per heavy atom. The smallest absolute Gasteiger partial charge is 0.343 e. The normalized spacial score (nSPS) is 10.4. The molecule has 0 bridgehead atoms. The molecule has 0 aliphatic rings. The lowest BCUT2D eigenvalue weighted by Crippen LogP contribution is -2.34. The third-order valence-corrected chi connectivity index (χ3v) is 4.61. The third kappa shape index (κ3) is 7.27. The minimum absolute atomic E-state index is 0.215. The van der Waals surface area contributed by atoms with E-state index in [0.29, 0.717) is 32.8 Å². The summed E-state index contributed by atoms with van der Waals surface area (Å²) in [6.45, 7) is -0.484. The Morgan fingerprint density at radius 3 is 2.38 bits per heavy atom. The van der Waals surface area contributed by atoms with Gasteiger partial charge in [-0.1, -0.05) is 0 Å². The van der Waals surface area contributed by atoms with E-state index in [-0.39, 0.29) is 13.2 Å². The van der Waals surface area contributed by atoms with Gasteiger partial charge in [-0.2, -0.15) is 5.10 Å². The van der Waals surface area contributed by atoms with Crippen molar-refractivity contribution in [3.05, 3.63) is 52.0 Å². The topological polar surface area (TPSA) is 125 Å². The first-order valence-electron chi connectivity index (χ1n) is 9.19. The van der Waals surface area contributed by atoms with Crippen molar-refractivity contribution in [2.24, 2.45) is 5.10 Å². The molecule has 10 nitrogen and oxygen atoms in total. The van der Waals surface area contributed by atoms with Gasteiger partial charge < -0.3 is 24.3 Å². The van der Waals surface area contributed by atoms with E-state index < -0.39 is 17.8 Å². The highest BCUT2D eigenvalue weighted by molar-refractivity contribution is 9.10. The molecule has 0 saturated carbocycles. The molecule has 0 aromatic heterocycles. The highest BCUT2D eigenvalue weighted by Crippen LogP contribution is 2.27. The summed E-state index contributed by atoms with van der Waals surface area (Å²) in [6, 6.07) is 9.69. The largest absolute Gasteiger partial charge is 0.493 e. The molecule has 11 heteroatoms. The number of benzene rings is 2. The van der Waals surface area contributed by atoms with Crippen LogP contribution in [0.25, 0.3) is 0 Å². The molecule has 2 rings (SSSR count). The molecule has 0 fully saturated rings. The van der Waals surface area contributed by atoms with Crippen LogP contribution in [0.1, 0.15) is 15.9 Å². The van der Waals surface area contributed by atoms with Gasteiger partial charge in [-0.3, -0.25) is 9.59 Å². The zero-order valence-electron chi connectivity index (χ0n) is 17.6. The Balaban J connectivity index is 1.84. The molecule has 2 aromatic rings. The Kier molecular flexibility index (Phi) is 9.48. The first-order chi connectivity index (χ1) is 15.4. The zero-order valence-corrected chi connectivity index (χ0v) is 19.2. The van der Waals surface area contributed by atoms with Crippen LogP contribution in [0.3, 0.4) is 0 Å². The zero-order chi connectivity index (χ0) is 23.5. The summed E-state index contributed by atoms with van der Waals surface area (Å²) in [4.78, 5) is 35.3. The van der Waals surface area contributed by atoms with E-state index in [2.05, 4.69) is 36.5 Å². The second-order valence-electron chi connectivity index (χ2n) is 6.10. The van der Waals surface area contributed by atoms with Gasteiger partial charge in [0.05, 0.1) is 38.6 Å². The number of rotatable bonds is 10. The Bertz CT molecular complexity index is 1010. The van der Waals surface area contributed by atoms with Crippen molar-refractivity contribution in [3.8, 4) is 17.2 Å². The molecule has 2 aromatic carbocycles. The van der Waals surface area contributed by atoms with Crippen molar-refractivity contribution in [3.63, 3.8) is 0 Å². The fourth-order valence-electron chi connectivity index (χ4n) is 2.37. The van der Waals surface area contributed by atoms with Crippen LogP contribution in [0.5, 0.6) is 17.2 Å². The summed E-state index contributed by atoms with van der Waals surface area (Å²) in [5, 5.41) is 6.35. The fraction of sp³-hybridized carbons (Fsp3) is 0.238. The number of hydrogen-bond donors (Lipinski definition) is 2. The number of nitrogens with zero attached hydrogens (tertiary/aromatic N) is 1. The van der Waals surface area contributed by atoms with Crippen LogP contribution in [0.15, 0.2) is 46.0 Å². The maximum absolute atomic E-state index is 12.2. The number of methoxy groups -OCH3 is 3. The lowest BCUT2D eigenvalue weighted by Gasteiger charge is -2.09. The number of esters is 1. The van der Waals surface area contributed by atoms with Gasteiger partial charge in [0.15, 0.2) is 18.1 Å². The number of hydrazone groups is 1. The molecule has 0 spiro atoms. The summed E-state index contributed by atoms with van der Waals surface area (Å²) in [5.41, 5.74) is 3.31. The molecular weight excluding hydrogens is 486 g/mol. The van der Waals surface area contributed by atoms with Gasteiger partial charge in [0, 0.05) is 5.56 Å². The van der Waals surface area contributed by atoms with Crippen LogP contribution in [0.4, 0.5) is 0 Å². The molecule has 170 valence electrons. The first kappa shape index (κ1) is 24.7. The predicted octanol–water partition coefficient (Wildman–Crippen LogP) is 1.90. The maximum Gasteiger partial charge on any atom is 0.343 e. The summed E-state index contributed by atoms with van der Waals surface area (Å²) < 4.78 is 20.7. The molecule has 32 heavy (non-hydrogen) atoms. The highest BCUT2D eigenvalue weighted by Gasteiger charge is 2.12. The summed E-state index contributed by atoms with van der Waals surface area (Å²) >= 11 is 3.33. The molecule has 2 amide bonds. The second kappa shape index (κ2) is 12.3. The number of hydrogen-bond acceptors (Lipinski definition) is 8. The molecule has 2 N–H and O–H groups in total. The van der Waals surface area contributed by atoms with Crippen LogP contribution < -0.4 is 25.0 Å². The van der Waals surface area contributed by atoms with E-state index in [1.807, 2.05) is 0 Å². The second-order valence-corrected chi connectivity index (χ2v) is 6.95. The van der Waals surface area contributed by atoms with Crippen LogP contribution in [-0.4, -0.2) is 58.5 Å². The maximum atomic E-state index is 12.2. The standard InChI is InChI=1S/C21H22BrN3O7/c1-29-17-7-5-14(9-18(17)30-2)21(28)23-11-19(26)25-24-10-13-4-6-16(15(22)8-13)32-12-20(27)31-3/h4-10H,11-12H2,1-3H3,(H,23,28)(H,25,26)/b24-10-. The molecule has 0 radical (unpaired) electrons. The lowest BCUT2D eigenvalue weighted by molar-refractivity contribution is -0.142. The SMILES string of the molecule is COC(=O)COc1ccc(/C=N\NC(=O)CNC(=O)c2ccc(OC)c(OC)c2)cc1Br. The van der Waals surface area contributed by atoms with Gasteiger partial charge in [0.25, 0.3) is 11.8 Å². The molecule has 0 aliphatic carbocycles. The predicted molar refractivity (Wildman–Crippen MR) is 119 cm³/mol. The van der Waals surface area contributed by atoms with Crippen molar-refractivity contribution in [2.75, 3.05) is 34.5 Å². The van der Waals surface area contributed by atoms with E-state index in [4.69, 9.17) is 14.2 Å². The van der Waals surface area contributed by atoms with Crippen molar-refractivity contribution in [1.82, 2.24) is 10.7 Å². The fourth-order valence-corrected chi connectivity index (χ4v) is 2.88. The number of amides is 2. The highest BCUT2D eigenvalue weighted by atomic mass is 79.9. The molecule has 0 atom stereocenters. The molecule has 0 saturated heterocycles. The number of carbonyl (C=O) groups excluding carboxylic acids is 3. The van der Waals surface area contributed by atoms with E-state index in [9.17, 15) is 14.4 Å². The number of ether oxygens (including phenoxy) is 4. The van der Waals surface area contributed by atoms with Gasteiger partial charge in [-0.25, -0.2) is 10.2 Å². The quantitative estimate of drug-likeness (QED) is 0.285. The van der Waals surface area contributed by atoms with Crippen LogP contribution in [0.2, 0.25) is 0 Å². The van der Waals surface area contributed by atoms with E-state index in [1.54, 1.807) is 30.3 Å². The van der Waals surface area contributed by atoms with Crippen molar-refractivity contribution >= 4 is 39.9 Å². The van der Waals surface area contributed by atoms with Crippen LogP contribution in [0, 0.1) is 0 Å². The molecule has 0 unspecified atom stereocenters. The first-order valence-corrected chi connectivity index (χ1v) is 9.98. The van der Waals surface area contributed by atoms with Crippen LogP contribution in [-0.2, 0) is 14.3 Å². The van der Waals surface area contributed by atoms with Crippen LogP contribution >= 0.6 is 15.9 Å². The Labute approximate surface area is 193 Å². The Morgan fingerprint density at radius 2 is 1.72 bits per heavy atom. The molecule has 0 heterocycles. The summed E-state index contributed by atoms with van der Waals surface area (Å²) in [7, 11) is 4.23.